The number of carbonyl (C=O) groups excluding carboxylic acids is 3. The topological polar surface area (TPSA) is 101 Å². The van der Waals surface area contributed by atoms with Crippen LogP contribution >= 0.6 is 0 Å². The summed E-state index contributed by atoms with van der Waals surface area (Å²) in [7, 11) is 0. The summed E-state index contributed by atoms with van der Waals surface area (Å²) in [5.74, 6) is -0.0674. The van der Waals surface area contributed by atoms with Crippen LogP contribution in [0.1, 0.15) is 27.7 Å². The molecular formula is C32H30O8. The van der Waals surface area contributed by atoms with Crippen LogP contribution in [0.2, 0.25) is 0 Å². The van der Waals surface area contributed by atoms with Gasteiger partial charge in [0.25, 0.3) is 0 Å². The monoisotopic (exact) mass is 542 g/mol. The summed E-state index contributed by atoms with van der Waals surface area (Å²) in [6, 6.07) is 12.9. The molecule has 1 heterocycles. The van der Waals surface area contributed by atoms with Crippen molar-refractivity contribution in [1.29, 1.82) is 0 Å². The fraction of sp³-hybridized carbons (Fsp3) is 0.156. The van der Waals surface area contributed by atoms with Crippen LogP contribution in [0.4, 0.5) is 0 Å². The molecule has 40 heavy (non-hydrogen) atoms. The molecule has 0 aliphatic heterocycles. The molecule has 0 amide bonds. The van der Waals surface area contributed by atoms with Gasteiger partial charge in [0.05, 0.1) is 0 Å². The largest absolute Gasteiger partial charge is 0.489 e. The third-order valence-corrected chi connectivity index (χ3v) is 5.19. The number of benzene rings is 2. The maximum Gasteiger partial charge on any atom is 0.338 e. The van der Waals surface area contributed by atoms with E-state index in [4.69, 9.17) is 23.4 Å². The second kappa shape index (κ2) is 13.1. The molecule has 206 valence electrons. The highest BCUT2D eigenvalue weighted by atomic mass is 16.5. The molecule has 0 aliphatic carbocycles. The molecule has 0 saturated carbocycles. The van der Waals surface area contributed by atoms with Crippen molar-refractivity contribution in [2.45, 2.75) is 27.7 Å². The van der Waals surface area contributed by atoms with Crippen LogP contribution in [-0.4, -0.2) is 24.5 Å². The van der Waals surface area contributed by atoms with E-state index in [9.17, 15) is 14.4 Å². The number of rotatable bonds is 11. The molecule has 3 rings (SSSR count). The molecule has 0 unspecified atom stereocenters. The summed E-state index contributed by atoms with van der Waals surface area (Å²) < 4.78 is 28.1. The van der Waals surface area contributed by atoms with E-state index in [0.29, 0.717) is 35.0 Å². The van der Waals surface area contributed by atoms with E-state index in [1.807, 2.05) is 19.1 Å². The van der Waals surface area contributed by atoms with Crippen LogP contribution in [0.25, 0.3) is 22.6 Å². The summed E-state index contributed by atoms with van der Waals surface area (Å²) in [5, 5.41) is 0. The van der Waals surface area contributed by atoms with E-state index in [1.165, 1.54) is 19.9 Å². The van der Waals surface area contributed by atoms with E-state index in [2.05, 4.69) is 19.7 Å². The van der Waals surface area contributed by atoms with Gasteiger partial charge in [-0.2, -0.15) is 0 Å². The van der Waals surface area contributed by atoms with Gasteiger partial charge in [0.2, 0.25) is 0 Å². The van der Waals surface area contributed by atoms with Crippen molar-refractivity contribution in [3.63, 3.8) is 0 Å². The Hall–Kier alpha value is -5.11. The van der Waals surface area contributed by atoms with Gasteiger partial charge in [0.15, 0.2) is 0 Å². The van der Waals surface area contributed by atoms with Crippen LogP contribution in [0.3, 0.4) is 0 Å². The summed E-state index contributed by atoms with van der Waals surface area (Å²) >= 11 is 0. The zero-order chi connectivity index (χ0) is 29.4. The molecule has 8 heteroatoms. The second-order valence-corrected chi connectivity index (χ2v) is 8.94. The summed E-state index contributed by atoms with van der Waals surface area (Å²) in [6.07, 6.45) is 3.69. The second-order valence-electron chi connectivity index (χ2n) is 8.94. The van der Waals surface area contributed by atoms with Gasteiger partial charge in [-0.15, -0.1) is 0 Å². The van der Waals surface area contributed by atoms with E-state index < -0.39 is 17.9 Å². The van der Waals surface area contributed by atoms with Gasteiger partial charge in [0.1, 0.15) is 41.1 Å². The van der Waals surface area contributed by atoms with E-state index in [-0.39, 0.29) is 34.0 Å². The molecule has 0 saturated heterocycles. The highest BCUT2D eigenvalue weighted by Gasteiger charge is 2.16. The van der Waals surface area contributed by atoms with Crippen molar-refractivity contribution >= 4 is 17.9 Å². The normalized spacial score (nSPS) is 10.6. The van der Waals surface area contributed by atoms with Crippen molar-refractivity contribution in [1.82, 2.24) is 0 Å². The van der Waals surface area contributed by atoms with Crippen LogP contribution < -0.4 is 18.9 Å². The Morgan fingerprint density at radius 2 is 1.05 bits per heavy atom. The standard InChI is InChI=1S/C32H30O8/c1-8-9-12-36-24-13-22(14-25(17-24)37-30(33)19(2)3)28-10-11-29(40-28)23-15-26(38-31(34)20(4)5)18-27(16-23)39-32(35)21(6)7/h8-11,13-18H,2,4,6,12H2,1,3,5,7H3/b9-8+. The Morgan fingerprint density at radius 3 is 1.43 bits per heavy atom. The smallest absolute Gasteiger partial charge is 0.338 e. The lowest BCUT2D eigenvalue weighted by atomic mass is 10.1. The minimum absolute atomic E-state index is 0.126. The molecule has 1 aromatic heterocycles. The lowest BCUT2D eigenvalue weighted by Gasteiger charge is -2.11. The molecule has 8 nitrogen and oxygen atoms in total. The number of hydrogen-bond acceptors (Lipinski definition) is 8. The van der Waals surface area contributed by atoms with E-state index in [0.717, 1.165) is 0 Å². The Labute approximate surface area is 232 Å². The highest BCUT2D eigenvalue weighted by molar-refractivity contribution is 5.90. The Morgan fingerprint density at radius 1 is 0.675 bits per heavy atom. The SMILES string of the molecule is C=C(C)C(=O)Oc1cc(OC/C=C/C)cc(-c2ccc(-c3cc(OC(=O)C(=C)C)cc(OC(=O)C(=C)C)c3)o2)c1. The third kappa shape index (κ3) is 7.94. The fourth-order valence-corrected chi connectivity index (χ4v) is 3.16. The fourth-order valence-electron chi connectivity index (χ4n) is 3.16. The summed E-state index contributed by atoms with van der Waals surface area (Å²) in [6.45, 7) is 17.6. The minimum Gasteiger partial charge on any atom is -0.489 e. The first kappa shape index (κ1) is 29.4. The number of esters is 3. The van der Waals surface area contributed by atoms with Crippen molar-refractivity contribution in [2.75, 3.05) is 6.61 Å². The average Bonchev–Trinajstić information content (AvgIpc) is 3.39. The number of furan rings is 1. The van der Waals surface area contributed by atoms with Gasteiger partial charge in [-0.05, 0) is 64.1 Å². The molecule has 0 atom stereocenters. The van der Waals surface area contributed by atoms with Crippen molar-refractivity contribution in [2.24, 2.45) is 0 Å². The first-order chi connectivity index (χ1) is 19.0. The van der Waals surface area contributed by atoms with Crippen LogP contribution in [0.15, 0.2) is 102 Å². The van der Waals surface area contributed by atoms with Crippen LogP contribution in [0.5, 0.6) is 23.0 Å². The molecule has 0 aliphatic rings. The third-order valence-electron chi connectivity index (χ3n) is 5.19. The molecule has 0 fully saturated rings. The first-order valence-corrected chi connectivity index (χ1v) is 12.2. The number of hydrogen-bond donors (Lipinski definition) is 0. The quantitative estimate of drug-likeness (QED) is 0.110. The highest BCUT2D eigenvalue weighted by Crippen LogP contribution is 2.36. The van der Waals surface area contributed by atoms with Gasteiger partial charge >= 0.3 is 17.9 Å². The maximum atomic E-state index is 12.1. The van der Waals surface area contributed by atoms with Gasteiger partial charge in [-0.25, -0.2) is 14.4 Å². The molecule has 0 bridgehead atoms. The van der Waals surface area contributed by atoms with Crippen molar-refractivity contribution in [3.05, 3.63) is 97.1 Å². The Balaban J connectivity index is 2.03. The zero-order valence-corrected chi connectivity index (χ0v) is 22.9. The summed E-state index contributed by atoms with van der Waals surface area (Å²) in [5.41, 5.74) is 1.69. The molecule has 0 spiro atoms. The lowest BCUT2D eigenvalue weighted by molar-refractivity contribution is -0.131. The van der Waals surface area contributed by atoms with Crippen molar-refractivity contribution in [3.8, 4) is 45.6 Å². The van der Waals surface area contributed by atoms with Crippen LogP contribution in [0, 0.1) is 0 Å². The predicted octanol–water partition coefficient (Wildman–Crippen LogP) is 7.01. The molecule has 0 N–H and O–H groups in total. The lowest BCUT2D eigenvalue weighted by Crippen LogP contribution is -2.10. The van der Waals surface area contributed by atoms with E-state index >= 15 is 0 Å². The van der Waals surface area contributed by atoms with Crippen LogP contribution in [-0.2, 0) is 14.4 Å². The number of carbonyl (C=O) groups is 3. The van der Waals surface area contributed by atoms with E-state index in [1.54, 1.807) is 49.4 Å². The number of allylic oxidation sites excluding steroid dienone is 1. The Bertz CT molecular complexity index is 1470. The average molecular weight is 543 g/mol. The molecule has 0 radical (unpaired) electrons. The molecule has 2 aromatic carbocycles. The number of ether oxygens (including phenoxy) is 4. The predicted molar refractivity (Wildman–Crippen MR) is 151 cm³/mol. The van der Waals surface area contributed by atoms with Gasteiger partial charge in [-0.1, -0.05) is 31.9 Å². The van der Waals surface area contributed by atoms with Gasteiger partial charge in [-0.3, -0.25) is 0 Å². The minimum atomic E-state index is -0.638. The molecular weight excluding hydrogens is 512 g/mol. The Kier molecular flexibility index (Phi) is 9.65. The summed E-state index contributed by atoms with van der Waals surface area (Å²) in [4.78, 5) is 36.4. The van der Waals surface area contributed by atoms with Crippen molar-refractivity contribution < 1.29 is 37.7 Å². The maximum absolute atomic E-state index is 12.1. The van der Waals surface area contributed by atoms with Gasteiger partial charge in [0, 0.05) is 40.0 Å². The van der Waals surface area contributed by atoms with Gasteiger partial charge < -0.3 is 23.4 Å². The zero-order valence-electron chi connectivity index (χ0n) is 22.9. The first-order valence-electron chi connectivity index (χ1n) is 12.2. The molecule has 3 aromatic rings.